The molecule has 0 N–H and O–H groups in total. The van der Waals surface area contributed by atoms with Gasteiger partial charge in [-0.3, -0.25) is 4.79 Å². The van der Waals surface area contributed by atoms with E-state index in [0.29, 0.717) is 32.7 Å². The van der Waals surface area contributed by atoms with E-state index in [0.717, 1.165) is 17.1 Å². The van der Waals surface area contributed by atoms with Crippen LogP contribution in [0.2, 0.25) is 0 Å². The van der Waals surface area contributed by atoms with Gasteiger partial charge in [0.15, 0.2) is 11.5 Å². The molecule has 1 fully saturated rings. The smallest absolute Gasteiger partial charge is 0.227 e. The van der Waals surface area contributed by atoms with Gasteiger partial charge in [-0.15, -0.1) is 0 Å². The standard InChI is InChI=1S/C16H21NO4/c1-11-9-17(10-12(2)21-11)16(18)8-13-3-4-14-15(7-13)20-6-5-19-14/h3-4,7,11-12H,5-6,8-10H2,1-2H3/t11-,12-/m1/s1. The Morgan fingerprint density at radius 1 is 1.14 bits per heavy atom. The van der Waals surface area contributed by atoms with Crippen molar-refractivity contribution in [2.24, 2.45) is 0 Å². The van der Waals surface area contributed by atoms with Crippen molar-refractivity contribution < 1.29 is 19.0 Å². The average Bonchev–Trinajstić information content (AvgIpc) is 2.46. The van der Waals surface area contributed by atoms with Crippen molar-refractivity contribution in [1.82, 2.24) is 4.90 Å². The molecule has 0 unspecified atom stereocenters. The van der Waals surface area contributed by atoms with Gasteiger partial charge in [0.25, 0.3) is 0 Å². The summed E-state index contributed by atoms with van der Waals surface area (Å²) in [6.45, 7) is 6.46. The van der Waals surface area contributed by atoms with Crippen LogP contribution in [0.3, 0.4) is 0 Å². The quantitative estimate of drug-likeness (QED) is 0.831. The second-order valence-corrected chi connectivity index (χ2v) is 5.71. The summed E-state index contributed by atoms with van der Waals surface area (Å²) < 4.78 is 16.7. The molecule has 0 aromatic heterocycles. The fourth-order valence-corrected chi connectivity index (χ4v) is 2.87. The van der Waals surface area contributed by atoms with Gasteiger partial charge in [0.05, 0.1) is 18.6 Å². The highest BCUT2D eigenvalue weighted by atomic mass is 16.6. The summed E-state index contributed by atoms with van der Waals surface area (Å²) in [7, 11) is 0. The normalized spacial score (nSPS) is 24.8. The number of ether oxygens (including phenoxy) is 3. The van der Waals surface area contributed by atoms with Crippen molar-refractivity contribution in [3.8, 4) is 11.5 Å². The Bertz CT molecular complexity index is 521. The third-order valence-electron chi connectivity index (χ3n) is 3.73. The number of benzene rings is 1. The molecule has 3 rings (SSSR count). The molecule has 2 heterocycles. The zero-order chi connectivity index (χ0) is 14.8. The van der Waals surface area contributed by atoms with Crippen molar-refractivity contribution in [2.75, 3.05) is 26.3 Å². The van der Waals surface area contributed by atoms with Gasteiger partial charge in [-0.1, -0.05) is 6.07 Å². The van der Waals surface area contributed by atoms with Gasteiger partial charge in [-0.25, -0.2) is 0 Å². The van der Waals surface area contributed by atoms with Crippen LogP contribution in [0.15, 0.2) is 18.2 Å². The van der Waals surface area contributed by atoms with E-state index in [1.165, 1.54) is 0 Å². The van der Waals surface area contributed by atoms with E-state index >= 15 is 0 Å². The molecule has 0 saturated carbocycles. The maximum atomic E-state index is 12.4. The highest BCUT2D eigenvalue weighted by molar-refractivity contribution is 5.79. The summed E-state index contributed by atoms with van der Waals surface area (Å²) >= 11 is 0. The van der Waals surface area contributed by atoms with E-state index in [1.807, 2.05) is 36.9 Å². The molecule has 0 aliphatic carbocycles. The molecule has 5 nitrogen and oxygen atoms in total. The molecule has 5 heteroatoms. The van der Waals surface area contributed by atoms with Crippen LogP contribution < -0.4 is 9.47 Å². The Labute approximate surface area is 124 Å². The lowest BCUT2D eigenvalue weighted by Gasteiger charge is -2.35. The number of hydrogen-bond donors (Lipinski definition) is 0. The van der Waals surface area contributed by atoms with E-state index < -0.39 is 0 Å². The lowest BCUT2D eigenvalue weighted by Crippen LogP contribution is -2.48. The van der Waals surface area contributed by atoms with Crippen molar-refractivity contribution in [1.29, 1.82) is 0 Å². The van der Waals surface area contributed by atoms with Crippen LogP contribution in [0.1, 0.15) is 19.4 Å². The Morgan fingerprint density at radius 3 is 2.52 bits per heavy atom. The molecule has 1 aromatic carbocycles. The second-order valence-electron chi connectivity index (χ2n) is 5.71. The summed E-state index contributed by atoms with van der Waals surface area (Å²) in [6.07, 6.45) is 0.576. The molecule has 1 saturated heterocycles. The first kappa shape index (κ1) is 14.2. The Kier molecular flexibility index (Phi) is 4.01. The molecule has 0 spiro atoms. The summed E-state index contributed by atoms with van der Waals surface area (Å²) in [5, 5.41) is 0. The third-order valence-corrected chi connectivity index (χ3v) is 3.73. The minimum atomic E-state index is 0.0953. The summed E-state index contributed by atoms with van der Waals surface area (Å²) in [5.74, 6) is 1.62. The van der Waals surface area contributed by atoms with Crippen molar-refractivity contribution in [3.05, 3.63) is 23.8 Å². The number of hydrogen-bond acceptors (Lipinski definition) is 4. The lowest BCUT2D eigenvalue weighted by molar-refractivity contribution is -0.142. The van der Waals surface area contributed by atoms with E-state index in [-0.39, 0.29) is 18.1 Å². The van der Waals surface area contributed by atoms with Gasteiger partial charge < -0.3 is 19.1 Å². The van der Waals surface area contributed by atoms with Crippen LogP contribution in [0.25, 0.3) is 0 Å². The SMILES string of the molecule is C[C@@H]1CN(C(=O)Cc2ccc3c(c2)OCCO3)C[C@@H](C)O1. The predicted octanol–water partition coefficient (Wildman–Crippen LogP) is 1.64. The molecular weight excluding hydrogens is 270 g/mol. The highest BCUT2D eigenvalue weighted by Crippen LogP contribution is 2.31. The van der Waals surface area contributed by atoms with E-state index in [9.17, 15) is 4.79 Å². The van der Waals surface area contributed by atoms with E-state index in [4.69, 9.17) is 14.2 Å². The van der Waals surface area contributed by atoms with Crippen LogP contribution in [0.5, 0.6) is 11.5 Å². The van der Waals surface area contributed by atoms with Gasteiger partial charge in [0.2, 0.25) is 5.91 Å². The Morgan fingerprint density at radius 2 is 1.81 bits per heavy atom. The first-order chi connectivity index (χ1) is 10.1. The molecule has 0 bridgehead atoms. The third kappa shape index (κ3) is 3.29. The average molecular weight is 291 g/mol. The molecule has 114 valence electrons. The van der Waals surface area contributed by atoms with Crippen LogP contribution in [-0.2, 0) is 16.0 Å². The second kappa shape index (κ2) is 5.93. The van der Waals surface area contributed by atoms with Crippen LogP contribution in [-0.4, -0.2) is 49.3 Å². The van der Waals surface area contributed by atoms with Crippen molar-refractivity contribution in [2.45, 2.75) is 32.5 Å². The zero-order valence-electron chi connectivity index (χ0n) is 12.5. The van der Waals surface area contributed by atoms with Crippen molar-refractivity contribution >= 4 is 5.91 Å². The fourth-order valence-electron chi connectivity index (χ4n) is 2.87. The zero-order valence-corrected chi connectivity index (χ0v) is 12.5. The fraction of sp³-hybridized carbons (Fsp3) is 0.562. The number of carbonyl (C=O) groups excluding carboxylic acids is 1. The number of carbonyl (C=O) groups is 1. The summed E-state index contributed by atoms with van der Waals surface area (Å²) in [5.41, 5.74) is 0.955. The predicted molar refractivity (Wildman–Crippen MR) is 77.7 cm³/mol. The van der Waals surface area contributed by atoms with Crippen LogP contribution in [0, 0.1) is 0 Å². The monoisotopic (exact) mass is 291 g/mol. The van der Waals surface area contributed by atoms with Gasteiger partial charge >= 0.3 is 0 Å². The van der Waals surface area contributed by atoms with Gasteiger partial charge in [0.1, 0.15) is 13.2 Å². The molecule has 21 heavy (non-hydrogen) atoms. The topological polar surface area (TPSA) is 48.0 Å². The van der Waals surface area contributed by atoms with Crippen LogP contribution in [0.4, 0.5) is 0 Å². The number of rotatable bonds is 2. The summed E-state index contributed by atoms with van der Waals surface area (Å²) in [4.78, 5) is 14.3. The molecule has 1 amide bonds. The number of fused-ring (bicyclic) bond motifs is 1. The number of morpholine rings is 1. The van der Waals surface area contributed by atoms with E-state index in [1.54, 1.807) is 0 Å². The molecule has 0 radical (unpaired) electrons. The largest absolute Gasteiger partial charge is 0.486 e. The first-order valence-corrected chi connectivity index (χ1v) is 7.43. The molecule has 2 aliphatic rings. The van der Waals surface area contributed by atoms with Crippen LogP contribution >= 0.6 is 0 Å². The van der Waals surface area contributed by atoms with Gasteiger partial charge in [-0.2, -0.15) is 0 Å². The lowest BCUT2D eigenvalue weighted by atomic mass is 10.1. The highest BCUT2D eigenvalue weighted by Gasteiger charge is 2.26. The van der Waals surface area contributed by atoms with E-state index in [2.05, 4.69) is 0 Å². The maximum Gasteiger partial charge on any atom is 0.227 e. The molecule has 2 atom stereocenters. The Balaban J connectivity index is 1.67. The van der Waals surface area contributed by atoms with Gasteiger partial charge in [-0.05, 0) is 31.5 Å². The number of amides is 1. The number of nitrogens with zero attached hydrogens (tertiary/aromatic N) is 1. The molecule has 1 aromatic rings. The minimum Gasteiger partial charge on any atom is -0.486 e. The summed E-state index contributed by atoms with van der Waals surface area (Å²) in [6, 6.07) is 5.71. The molecule has 2 aliphatic heterocycles. The van der Waals surface area contributed by atoms with Crippen molar-refractivity contribution in [3.63, 3.8) is 0 Å². The molecular formula is C16H21NO4. The minimum absolute atomic E-state index is 0.0953. The maximum absolute atomic E-state index is 12.4. The van der Waals surface area contributed by atoms with Gasteiger partial charge in [0, 0.05) is 13.1 Å². The first-order valence-electron chi connectivity index (χ1n) is 7.43. The Hall–Kier alpha value is -1.75.